The molecule has 0 bridgehead atoms. The molecule has 114 valence electrons. The van der Waals surface area contributed by atoms with E-state index in [1.807, 2.05) is 0 Å². The van der Waals surface area contributed by atoms with Gasteiger partial charge in [0.15, 0.2) is 11.6 Å². The van der Waals surface area contributed by atoms with Gasteiger partial charge in [-0.3, -0.25) is 14.4 Å². The van der Waals surface area contributed by atoms with Crippen LogP contribution < -0.4 is 0 Å². The second kappa shape index (κ2) is 6.51. The molecule has 1 aliphatic rings. The van der Waals surface area contributed by atoms with Crippen molar-refractivity contribution in [2.75, 3.05) is 7.11 Å². The molecule has 21 heavy (non-hydrogen) atoms. The minimum atomic E-state index is -0.333. The van der Waals surface area contributed by atoms with E-state index in [4.69, 9.17) is 4.74 Å². The number of Topliss-reactive ketones (excluding diaryl/α,β-unsaturated/α-hetero) is 1. The average molecular weight is 294 g/mol. The number of imidazole rings is 1. The summed E-state index contributed by atoms with van der Waals surface area (Å²) < 4.78 is 9.87. The number of nitrogens with zero attached hydrogens (tertiary/aromatic N) is 1. The third kappa shape index (κ3) is 3.68. The Kier molecular flexibility index (Phi) is 4.72. The van der Waals surface area contributed by atoms with Crippen LogP contribution in [0.15, 0.2) is 6.20 Å². The quantitative estimate of drug-likeness (QED) is 0.648. The van der Waals surface area contributed by atoms with E-state index in [0.717, 1.165) is 0 Å². The lowest BCUT2D eigenvalue weighted by atomic mass is 10.1. The van der Waals surface area contributed by atoms with Crippen molar-refractivity contribution < 1.29 is 23.9 Å². The zero-order chi connectivity index (χ0) is 15.4. The molecule has 2 atom stereocenters. The van der Waals surface area contributed by atoms with E-state index in [2.05, 4.69) is 14.7 Å². The largest absolute Gasteiger partial charge is 0.469 e. The fraction of sp³-hybridized carbons (Fsp3) is 0.571. The van der Waals surface area contributed by atoms with E-state index in [1.54, 1.807) is 0 Å². The number of ketones is 1. The van der Waals surface area contributed by atoms with Gasteiger partial charge >= 0.3 is 11.9 Å². The second-order valence-electron chi connectivity index (χ2n) is 5.15. The first kappa shape index (κ1) is 15.2. The van der Waals surface area contributed by atoms with Crippen LogP contribution in [0.5, 0.6) is 0 Å². The Labute approximate surface area is 122 Å². The lowest BCUT2D eigenvalue weighted by Gasteiger charge is -2.09. The maximum absolute atomic E-state index is 11.9. The van der Waals surface area contributed by atoms with Crippen LogP contribution in [-0.4, -0.2) is 34.8 Å². The maximum atomic E-state index is 11.9. The van der Waals surface area contributed by atoms with E-state index in [1.165, 1.54) is 20.2 Å². The molecular weight excluding hydrogens is 276 g/mol. The first-order valence-electron chi connectivity index (χ1n) is 6.80. The highest BCUT2D eigenvalue weighted by Gasteiger charge is 2.35. The third-order valence-electron chi connectivity index (χ3n) is 3.63. The van der Waals surface area contributed by atoms with E-state index < -0.39 is 0 Å². The summed E-state index contributed by atoms with van der Waals surface area (Å²) in [5, 5.41) is 0. The SMILES string of the molecule is COC(=O)[C@@H]1CC[C@@H](C(=O)OCc2cnc(C(C)=O)[nH]2)C1. The van der Waals surface area contributed by atoms with Gasteiger partial charge in [-0.15, -0.1) is 0 Å². The molecule has 0 aliphatic heterocycles. The molecule has 1 heterocycles. The van der Waals surface area contributed by atoms with Crippen molar-refractivity contribution in [1.29, 1.82) is 0 Å². The fourth-order valence-electron chi connectivity index (χ4n) is 2.45. The molecule has 1 saturated carbocycles. The normalized spacial score (nSPS) is 21.0. The van der Waals surface area contributed by atoms with Gasteiger partial charge < -0.3 is 14.5 Å². The van der Waals surface area contributed by atoms with Crippen molar-refractivity contribution in [3.63, 3.8) is 0 Å². The number of esters is 2. The van der Waals surface area contributed by atoms with E-state index in [0.29, 0.717) is 25.0 Å². The van der Waals surface area contributed by atoms with Crippen LogP contribution in [-0.2, 0) is 25.7 Å². The Morgan fingerprint density at radius 2 is 1.95 bits per heavy atom. The van der Waals surface area contributed by atoms with Gasteiger partial charge in [-0.2, -0.15) is 0 Å². The van der Waals surface area contributed by atoms with Crippen molar-refractivity contribution in [3.05, 3.63) is 17.7 Å². The molecule has 0 spiro atoms. The zero-order valence-corrected chi connectivity index (χ0v) is 12.0. The van der Waals surface area contributed by atoms with Crippen LogP contribution in [0.1, 0.15) is 42.5 Å². The molecule has 0 unspecified atom stereocenters. The van der Waals surface area contributed by atoms with Gasteiger partial charge in [0.2, 0.25) is 0 Å². The molecule has 7 nitrogen and oxygen atoms in total. The van der Waals surface area contributed by atoms with Crippen molar-refractivity contribution >= 4 is 17.7 Å². The summed E-state index contributed by atoms with van der Waals surface area (Å²) in [6.07, 6.45) is 3.20. The number of hydrogen-bond acceptors (Lipinski definition) is 6. The van der Waals surface area contributed by atoms with Crippen molar-refractivity contribution in [2.45, 2.75) is 32.8 Å². The smallest absolute Gasteiger partial charge is 0.309 e. The number of methoxy groups -OCH3 is 1. The molecular formula is C14H18N2O5. The standard InChI is InChI=1S/C14H18N2O5/c1-8(17)12-15-6-11(16-12)7-21-14(19)10-4-3-9(5-10)13(18)20-2/h6,9-10H,3-5,7H2,1-2H3,(H,15,16)/t9-,10-/m1/s1. The third-order valence-corrected chi connectivity index (χ3v) is 3.63. The van der Waals surface area contributed by atoms with Crippen LogP contribution in [0, 0.1) is 11.8 Å². The first-order chi connectivity index (χ1) is 10.0. The molecule has 1 aromatic rings. The van der Waals surface area contributed by atoms with Gasteiger partial charge in [0.1, 0.15) is 6.61 Å². The number of carbonyl (C=O) groups excluding carboxylic acids is 3. The van der Waals surface area contributed by atoms with Gasteiger partial charge in [0.05, 0.1) is 30.8 Å². The van der Waals surface area contributed by atoms with Gasteiger partial charge in [-0.05, 0) is 19.3 Å². The Morgan fingerprint density at radius 1 is 1.29 bits per heavy atom. The number of nitrogens with one attached hydrogen (secondary N) is 1. The zero-order valence-electron chi connectivity index (χ0n) is 12.0. The Hall–Kier alpha value is -2.18. The highest BCUT2D eigenvalue weighted by atomic mass is 16.5. The van der Waals surface area contributed by atoms with Gasteiger partial charge in [0, 0.05) is 6.92 Å². The fourth-order valence-corrected chi connectivity index (χ4v) is 2.45. The predicted octanol–water partition coefficient (Wildman–Crippen LogP) is 1.24. The first-order valence-corrected chi connectivity index (χ1v) is 6.80. The number of H-pyrrole nitrogens is 1. The lowest BCUT2D eigenvalue weighted by Crippen LogP contribution is -2.18. The summed E-state index contributed by atoms with van der Waals surface area (Å²) in [5.74, 6) is -1.03. The molecule has 1 fully saturated rings. The topological polar surface area (TPSA) is 98.3 Å². The van der Waals surface area contributed by atoms with Crippen LogP contribution >= 0.6 is 0 Å². The maximum Gasteiger partial charge on any atom is 0.309 e. The minimum absolute atomic E-state index is 0.0402. The molecule has 0 radical (unpaired) electrons. The number of hydrogen-bond donors (Lipinski definition) is 1. The number of ether oxygens (including phenoxy) is 2. The number of carbonyl (C=O) groups is 3. The van der Waals surface area contributed by atoms with Gasteiger partial charge in [-0.1, -0.05) is 0 Å². The minimum Gasteiger partial charge on any atom is -0.469 e. The summed E-state index contributed by atoms with van der Waals surface area (Å²) in [4.78, 5) is 41.1. The van der Waals surface area contributed by atoms with E-state index in [-0.39, 0.29) is 42.0 Å². The van der Waals surface area contributed by atoms with Crippen molar-refractivity contribution in [2.24, 2.45) is 11.8 Å². The van der Waals surface area contributed by atoms with E-state index >= 15 is 0 Å². The Bertz CT molecular complexity index is 551. The Balaban J connectivity index is 1.82. The molecule has 1 aliphatic carbocycles. The molecule has 1 N–H and O–H groups in total. The predicted molar refractivity (Wildman–Crippen MR) is 71.2 cm³/mol. The summed E-state index contributed by atoms with van der Waals surface area (Å²) in [6.45, 7) is 1.44. The second-order valence-corrected chi connectivity index (χ2v) is 5.15. The summed E-state index contributed by atoms with van der Waals surface area (Å²) >= 11 is 0. The van der Waals surface area contributed by atoms with Crippen LogP contribution in [0.2, 0.25) is 0 Å². The van der Waals surface area contributed by atoms with Crippen molar-refractivity contribution in [3.8, 4) is 0 Å². The van der Waals surface area contributed by atoms with E-state index in [9.17, 15) is 14.4 Å². The summed E-state index contributed by atoms with van der Waals surface area (Å²) in [7, 11) is 1.35. The lowest BCUT2D eigenvalue weighted by molar-refractivity contribution is -0.150. The molecule has 0 saturated heterocycles. The highest BCUT2D eigenvalue weighted by Crippen LogP contribution is 2.32. The van der Waals surface area contributed by atoms with Crippen LogP contribution in [0.3, 0.4) is 0 Å². The number of aromatic amines is 1. The number of rotatable bonds is 5. The molecule has 0 aromatic carbocycles. The highest BCUT2D eigenvalue weighted by molar-refractivity contribution is 5.90. The average Bonchev–Trinajstić information content (AvgIpc) is 3.12. The monoisotopic (exact) mass is 294 g/mol. The van der Waals surface area contributed by atoms with Gasteiger partial charge in [0.25, 0.3) is 0 Å². The van der Waals surface area contributed by atoms with Gasteiger partial charge in [-0.25, -0.2) is 4.98 Å². The molecule has 1 aromatic heterocycles. The summed E-state index contributed by atoms with van der Waals surface area (Å²) in [5.41, 5.74) is 0.566. The molecule has 7 heteroatoms. The number of aromatic nitrogens is 2. The van der Waals surface area contributed by atoms with Crippen molar-refractivity contribution in [1.82, 2.24) is 9.97 Å². The van der Waals surface area contributed by atoms with Crippen LogP contribution in [0.25, 0.3) is 0 Å². The Morgan fingerprint density at radius 3 is 2.52 bits per heavy atom. The van der Waals surface area contributed by atoms with Crippen LogP contribution in [0.4, 0.5) is 0 Å². The molecule has 0 amide bonds. The summed E-state index contributed by atoms with van der Waals surface area (Å²) in [6, 6.07) is 0. The molecule has 2 rings (SSSR count).